The van der Waals surface area contributed by atoms with Gasteiger partial charge in [0.25, 0.3) is 0 Å². The molecule has 0 saturated heterocycles. The van der Waals surface area contributed by atoms with Crippen molar-refractivity contribution in [1.29, 1.82) is 0 Å². The SMILES string of the molecule is CCCCN(CCCC)C1=CC=COC1. The molecule has 1 rings (SSSR count). The van der Waals surface area contributed by atoms with E-state index in [1.54, 1.807) is 6.26 Å². The second-order valence-electron chi connectivity index (χ2n) is 3.99. The molecule has 0 spiro atoms. The molecule has 0 aromatic carbocycles. The Morgan fingerprint density at radius 1 is 1.20 bits per heavy atom. The van der Waals surface area contributed by atoms with Crippen molar-refractivity contribution in [2.45, 2.75) is 39.5 Å². The third kappa shape index (κ3) is 4.41. The molecule has 1 aliphatic heterocycles. The van der Waals surface area contributed by atoms with Crippen LogP contribution in [0.4, 0.5) is 0 Å². The maximum Gasteiger partial charge on any atom is 0.127 e. The van der Waals surface area contributed by atoms with Crippen molar-refractivity contribution < 1.29 is 4.74 Å². The first-order valence-electron chi connectivity index (χ1n) is 6.10. The average Bonchev–Trinajstić information content (AvgIpc) is 2.30. The van der Waals surface area contributed by atoms with Crippen molar-refractivity contribution in [2.24, 2.45) is 0 Å². The summed E-state index contributed by atoms with van der Waals surface area (Å²) in [5.74, 6) is 0. The maximum absolute atomic E-state index is 5.33. The summed E-state index contributed by atoms with van der Waals surface area (Å²) >= 11 is 0. The Kier molecular flexibility index (Phi) is 5.98. The molecule has 0 aliphatic carbocycles. The largest absolute Gasteiger partial charge is 0.495 e. The smallest absolute Gasteiger partial charge is 0.127 e. The van der Waals surface area contributed by atoms with Crippen molar-refractivity contribution in [3.8, 4) is 0 Å². The number of hydrogen-bond acceptors (Lipinski definition) is 2. The Labute approximate surface area is 93.6 Å². The highest BCUT2D eigenvalue weighted by atomic mass is 16.5. The Balaban J connectivity index is 2.45. The lowest BCUT2D eigenvalue weighted by molar-refractivity contribution is 0.217. The lowest BCUT2D eigenvalue weighted by atomic mass is 10.2. The molecule has 0 fully saturated rings. The highest BCUT2D eigenvalue weighted by molar-refractivity contribution is 5.14. The van der Waals surface area contributed by atoms with Gasteiger partial charge in [-0.05, 0) is 25.0 Å². The van der Waals surface area contributed by atoms with E-state index in [9.17, 15) is 0 Å². The molecule has 0 radical (unpaired) electrons. The van der Waals surface area contributed by atoms with Gasteiger partial charge in [-0.1, -0.05) is 26.7 Å². The van der Waals surface area contributed by atoms with E-state index in [1.165, 1.54) is 44.5 Å². The number of ether oxygens (including phenoxy) is 1. The summed E-state index contributed by atoms with van der Waals surface area (Å²) in [5, 5.41) is 0. The molecule has 0 saturated carbocycles. The molecule has 0 unspecified atom stereocenters. The summed E-state index contributed by atoms with van der Waals surface area (Å²) in [6.45, 7) is 7.55. The molecule has 15 heavy (non-hydrogen) atoms. The van der Waals surface area contributed by atoms with E-state index >= 15 is 0 Å². The van der Waals surface area contributed by atoms with Crippen LogP contribution in [-0.2, 0) is 4.74 Å². The number of nitrogens with zero attached hydrogens (tertiary/aromatic N) is 1. The number of unbranched alkanes of at least 4 members (excludes halogenated alkanes) is 2. The van der Waals surface area contributed by atoms with Crippen molar-refractivity contribution >= 4 is 0 Å². The molecular formula is C13H23NO. The summed E-state index contributed by atoms with van der Waals surface area (Å²) in [7, 11) is 0. The van der Waals surface area contributed by atoms with Crippen molar-refractivity contribution in [3.63, 3.8) is 0 Å². The second-order valence-corrected chi connectivity index (χ2v) is 3.99. The molecular weight excluding hydrogens is 186 g/mol. The van der Waals surface area contributed by atoms with Gasteiger partial charge in [-0.2, -0.15) is 0 Å². The summed E-state index contributed by atoms with van der Waals surface area (Å²) in [6, 6.07) is 0. The first-order valence-corrected chi connectivity index (χ1v) is 6.10. The highest BCUT2D eigenvalue weighted by Gasteiger charge is 2.09. The zero-order valence-corrected chi connectivity index (χ0v) is 10.0. The number of rotatable bonds is 7. The van der Waals surface area contributed by atoms with Gasteiger partial charge in [-0.3, -0.25) is 0 Å². The monoisotopic (exact) mass is 209 g/mol. The van der Waals surface area contributed by atoms with E-state index in [0.29, 0.717) is 0 Å². The fraction of sp³-hybridized carbons (Fsp3) is 0.692. The quantitative estimate of drug-likeness (QED) is 0.638. The lowest BCUT2D eigenvalue weighted by Gasteiger charge is -2.28. The van der Waals surface area contributed by atoms with Gasteiger partial charge in [0.1, 0.15) is 6.61 Å². The van der Waals surface area contributed by atoms with Gasteiger partial charge in [0.15, 0.2) is 0 Å². The summed E-state index contributed by atoms with van der Waals surface area (Å²) < 4.78 is 5.33. The summed E-state index contributed by atoms with van der Waals surface area (Å²) in [5.41, 5.74) is 1.33. The maximum atomic E-state index is 5.33. The fourth-order valence-electron chi connectivity index (χ4n) is 1.68. The van der Waals surface area contributed by atoms with Gasteiger partial charge in [0.2, 0.25) is 0 Å². The predicted molar refractivity (Wildman–Crippen MR) is 64.6 cm³/mol. The molecule has 1 aliphatic rings. The van der Waals surface area contributed by atoms with Crippen molar-refractivity contribution in [3.05, 3.63) is 24.1 Å². The Bertz CT molecular complexity index is 213. The van der Waals surface area contributed by atoms with Gasteiger partial charge in [0, 0.05) is 13.1 Å². The van der Waals surface area contributed by atoms with Crippen molar-refractivity contribution in [1.82, 2.24) is 4.90 Å². The molecule has 0 aromatic rings. The predicted octanol–water partition coefficient (Wildman–Crippen LogP) is 3.32. The van der Waals surface area contributed by atoms with Crippen LogP contribution >= 0.6 is 0 Å². The minimum absolute atomic E-state index is 0.740. The van der Waals surface area contributed by atoms with E-state index in [1.807, 2.05) is 6.08 Å². The van der Waals surface area contributed by atoms with Gasteiger partial charge < -0.3 is 9.64 Å². The van der Waals surface area contributed by atoms with Gasteiger partial charge in [-0.15, -0.1) is 0 Å². The van der Waals surface area contributed by atoms with Gasteiger partial charge in [0.05, 0.1) is 12.0 Å². The fourth-order valence-corrected chi connectivity index (χ4v) is 1.68. The summed E-state index contributed by atoms with van der Waals surface area (Å²) in [6.07, 6.45) is 11.0. The first kappa shape index (κ1) is 12.2. The van der Waals surface area contributed by atoms with Gasteiger partial charge in [-0.25, -0.2) is 0 Å². The minimum atomic E-state index is 0.740. The van der Waals surface area contributed by atoms with Crippen LogP contribution < -0.4 is 0 Å². The first-order chi connectivity index (χ1) is 7.38. The number of allylic oxidation sites excluding steroid dienone is 2. The van der Waals surface area contributed by atoms with Crippen LogP contribution in [0.5, 0.6) is 0 Å². The van der Waals surface area contributed by atoms with E-state index in [4.69, 9.17) is 4.74 Å². The zero-order valence-electron chi connectivity index (χ0n) is 10.0. The molecule has 1 heterocycles. The zero-order chi connectivity index (χ0) is 10.9. The highest BCUT2D eigenvalue weighted by Crippen LogP contribution is 2.12. The molecule has 0 bridgehead atoms. The molecule has 2 heteroatoms. The van der Waals surface area contributed by atoms with Crippen molar-refractivity contribution in [2.75, 3.05) is 19.7 Å². The second kappa shape index (κ2) is 7.38. The number of hydrogen-bond donors (Lipinski definition) is 0. The molecule has 2 nitrogen and oxygen atoms in total. The third-order valence-corrected chi connectivity index (χ3v) is 2.66. The molecule has 0 amide bonds. The van der Waals surface area contributed by atoms with E-state index in [-0.39, 0.29) is 0 Å². The Morgan fingerprint density at radius 3 is 2.33 bits per heavy atom. The van der Waals surface area contributed by atoms with Gasteiger partial charge >= 0.3 is 0 Å². The molecule has 86 valence electrons. The minimum Gasteiger partial charge on any atom is -0.495 e. The Hall–Kier alpha value is -0.920. The van der Waals surface area contributed by atoms with Crippen LogP contribution in [0.2, 0.25) is 0 Å². The Morgan fingerprint density at radius 2 is 1.87 bits per heavy atom. The van der Waals surface area contributed by atoms with Crippen LogP contribution in [0, 0.1) is 0 Å². The molecule has 0 N–H and O–H groups in total. The van der Waals surface area contributed by atoms with E-state index in [2.05, 4.69) is 24.8 Å². The summed E-state index contributed by atoms with van der Waals surface area (Å²) in [4.78, 5) is 2.47. The lowest BCUT2D eigenvalue weighted by Crippen LogP contribution is -2.28. The topological polar surface area (TPSA) is 12.5 Å². The standard InChI is InChI=1S/C13H23NO/c1-3-5-9-14(10-6-4-2)13-8-7-11-15-12-13/h7-8,11H,3-6,9-10,12H2,1-2H3. The van der Waals surface area contributed by atoms with Crippen LogP contribution in [-0.4, -0.2) is 24.6 Å². The van der Waals surface area contributed by atoms with Crippen LogP contribution in [0.3, 0.4) is 0 Å². The average molecular weight is 209 g/mol. The van der Waals surface area contributed by atoms with E-state index < -0.39 is 0 Å². The molecule has 0 atom stereocenters. The van der Waals surface area contributed by atoms with Crippen LogP contribution in [0.15, 0.2) is 24.1 Å². The van der Waals surface area contributed by atoms with Crippen LogP contribution in [0.1, 0.15) is 39.5 Å². The third-order valence-electron chi connectivity index (χ3n) is 2.66. The normalized spacial score (nSPS) is 14.7. The van der Waals surface area contributed by atoms with Crippen LogP contribution in [0.25, 0.3) is 0 Å². The molecule has 0 aromatic heterocycles. The van der Waals surface area contributed by atoms with E-state index in [0.717, 1.165) is 6.61 Å².